The van der Waals surface area contributed by atoms with E-state index < -0.39 is 6.17 Å². The van der Waals surface area contributed by atoms with Gasteiger partial charge in [-0.2, -0.15) is 0 Å². The van der Waals surface area contributed by atoms with Gasteiger partial charge in [0, 0.05) is 28.4 Å². The zero-order valence-electron chi connectivity index (χ0n) is 17.7. The van der Waals surface area contributed by atoms with Gasteiger partial charge in [-0.15, -0.1) is 0 Å². The van der Waals surface area contributed by atoms with Crippen LogP contribution in [0, 0.1) is 11.3 Å². The highest BCUT2D eigenvalue weighted by Gasteiger charge is 2.44. The van der Waals surface area contributed by atoms with Crippen LogP contribution in [-0.2, 0) is 0 Å². The van der Waals surface area contributed by atoms with Crippen molar-refractivity contribution >= 4 is 17.8 Å². The van der Waals surface area contributed by atoms with Crippen LogP contribution in [0.15, 0.2) is 51.7 Å². The summed E-state index contributed by atoms with van der Waals surface area (Å²) in [5, 5.41) is 0.821. The lowest BCUT2D eigenvalue weighted by molar-refractivity contribution is 0.0267. The summed E-state index contributed by atoms with van der Waals surface area (Å²) in [4.78, 5) is 4.47. The van der Waals surface area contributed by atoms with Crippen LogP contribution in [0.2, 0.25) is 0 Å². The van der Waals surface area contributed by atoms with E-state index in [0.717, 1.165) is 62.1 Å². The number of nitrogens with zero attached hydrogens (tertiary/aromatic N) is 1. The molecule has 0 radical (unpaired) electrons. The zero-order chi connectivity index (χ0) is 20.7. The van der Waals surface area contributed by atoms with Gasteiger partial charge in [-0.25, -0.2) is 4.39 Å². The van der Waals surface area contributed by atoms with Crippen molar-refractivity contribution in [1.29, 1.82) is 0 Å². The summed E-state index contributed by atoms with van der Waals surface area (Å²) in [5.74, 6) is 0.555. The molecule has 0 aliphatic heterocycles. The molecule has 156 valence electrons. The predicted molar refractivity (Wildman–Crippen MR) is 120 cm³/mol. The summed E-state index contributed by atoms with van der Waals surface area (Å²) in [6, 6.07) is -0.0536. The third-order valence-corrected chi connectivity index (χ3v) is 7.08. The number of aliphatic imine (C=N–C) groups is 1. The molecule has 0 heterocycles. The fourth-order valence-corrected chi connectivity index (χ4v) is 5.05. The molecule has 1 saturated carbocycles. The molecule has 2 atom stereocenters. The molecule has 2 aliphatic carbocycles. The fraction of sp³-hybridized carbons (Fsp3) is 0.625. The maximum atomic E-state index is 14.4. The smallest absolute Gasteiger partial charge is 0.104 e. The van der Waals surface area contributed by atoms with Gasteiger partial charge < -0.3 is 5.73 Å². The SMILES string of the molecule is C=CC=N/C(CC)=C1/C=C(Cl)C(CC2CCC(C(C)F)(C(N)CC)CC2)=CC1. The highest BCUT2D eigenvalue weighted by atomic mass is 35.5. The lowest BCUT2D eigenvalue weighted by atomic mass is 9.63. The molecule has 0 aromatic heterocycles. The van der Waals surface area contributed by atoms with Gasteiger partial charge in [0.05, 0.1) is 0 Å². The van der Waals surface area contributed by atoms with Crippen LogP contribution < -0.4 is 5.73 Å². The van der Waals surface area contributed by atoms with Crippen molar-refractivity contribution in [3.8, 4) is 0 Å². The Morgan fingerprint density at radius 1 is 1.43 bits per heavy atom. The molecule has 0 aromatic rings. The lowest BCUT2D eigenvalue weighted by Crippen LogP contribution is -2.49. The standard InChI is InChI=1S/C24H36ClFN2/c1-5-14-28-22(6-2)20-9-8-19(21(25)16-20)15-18-10-12-24(13-11-18,17(4)26)23(27)7-3/h5,8,14,16-18,23H,1,6-7,9-13,15,27H2,2-4H3/b22-20+,28-14?. The second-order valence-corrected chi connectivity index (χ2v) is 8.68. The average Bonchev–Trinajstić information content (AvgIpc) is 2.70. The summed E-state index contributed by atoms with van der Waals surface area (Å²) in [6.45, 7) is 9.54. The van der Waals surface area contributed by atoms with Crippen molar-refractivity contribution in [2.45, 2.75) is 84.4 Å². The number of allylic oxidation sites excluding steroid dienone is 7. The first kappa shape index (κ1) is 23.1. The number of hydrogen-bond donors (Lipinski definition) is 1. The topological polar surface area (TPSA) is 38.4 Å². The average molecular weight is 407 g/mol. The largest absolute Gasteiger partial charge is 0.327 e. The van der Waals surface area contributed by atoms with Gasteiger partial charge in [-0.1, -0.05) is 44.2 Å². The number of halogens is 2. The van der Waals surface area contributed by atoms with Crippen LogP contribution in [0.5, 0.6) is 0 Å². The van der Waals surface area contributed by atoms with Crippen LogP contribution in [0.4, 0.5) is 4.39 Å². The molecule has 0 spiro atoms. The number of nitrogens with two attached hydrogens (primary N) is 1. The van der Waals surface area contributed by atoms with E-state index in [1.165, 1.54) is 11.1 Å². The minimum Gasteiger partial charge on any atom is -0.327 e. The third kappa shape index (κ3) is 5.24. The van der Waals surface area contributed by atoms with E-state index in [9.17, 15) is 4.39 Å². The Kier molecular flexibility index (Phi) is 8.70. The molecule has 2 aliphatic rings. The second-order valence-electron chi connectivity index (χ2n) is 8.28. The summed E-state index contributed by atoms with van der Waals surface area (Å²) >= 11 is 6.62. The Hall–Kier alpha value is -1.19. The molecule has 0 saturated heterocycles. The Labute approximate surface area is 175 Å². The van der Waals surface area contributed by atoms with Crippen molar-refractivity contribution in [3.63, 3.8) is 0 Å². The summed E-state index contributed by atoms with van der Waals surface area (Å²) in [7, 11) is 0. The first-order chi connectivity index (χ1) is 13.4. The summed E-state index contributed by atoms with van der Waals surface area (Å²) in [5.41, 5.74) is 9.43. The molecule has 1 fully saturated rings. The normalized spacial score (nSPS) is 29.9. The lowest BCUT2D eigenvalue weighted by Gasteiger charge is -2.45. The van der Waals surface area contributed by atoms with Crippen LogP contribution in [-0.4, -0.2) is 18.4 Å². The van der Waals surface area contributed by atoms with Gasteiger partial charge in [-0.05, 0) is 81.4 Å². The van der Waals surface area contributed by atoms with Crippen LogP contribution in [0.3, 0.4) is 0 Å². The molecule has 4 heteroatoms. The van der Waals surface area contributed by atoms with Crippen molar-refractivity contribution in [2.75, 3.05) is 0 Å². The summed E-state index contributed by atoms with van der Waals surface area (Å²) in [6.07, 6.45) is 14.2. The van der Waals surface area contributed by atoms with Gasteiger partial charge in [0.25, 0.3) is 0 Å². The van der Waals surface area contributed by atoms with Gasteiger partial charge in [-0.3, -0.25) is 4.99 Å². The first-order valence-corrected chi connectivity index (χ1v) is 11.1. The molecule has 28 heavy (non-hydrogen) atoms. The Bertz CT molecular complexity index is 664. The van der Waals surface area contributed by atoms with Crippen molar-refractivity contribution < 1.29 is 4.39 Å². The molecule has 2 N–H and O–H groups in total. The highest BCUT2D eigenvalue weighted by molar-refractivity contribution is 6.32. The summed E-state index contributed by atoms with van der Waals surface area (Å²) < 4.78 is 14.4. The van der Waals surface area contributed by atoms with Crippen LogP contribution >= 0.6 is 11.6 Å². The van der Waals surface area contributed by atoms with E-state index in [4.69, 9.17) is 17.3 Å². The minimum atomic E-state index is -0.850. The third-order valence-electron chi connectivity index (χ3n) is 6.73. The molecule has 0 bridgehead atoms. The Morgan fingerprint density at radius 2 is 2.11 bits per heavy atom. The highest BCUT2D eigenvalue weighted by Crippen LogP contribution is 2.47. The molecule has 2 unspecified atom stereocenters. The minimum absolute atomic E-state index is 0.0536. The molecular weight excluding hydrogens is 371 g/mol. The van der Waals surface area contributed by atoms with Crippen LogP contribution in [0.25, 0.3) is 0 Å². The molecule has 2 nitrogen and oxygen atoms in total. The monoisotopic (exact) mass is 406 g/mol. The first-order valence-electron chi connectivity index (χ1n) is 10.7. The number of rotatable bonds is 8. The molecule has 0 amide bonds. The van der Waals surface area contributed by atoms with Gasteiger partial charge >= 0.3 is 0 Å². The van der Waals surface area contributed by atoms with Crippen molar-refractivity contribution in [1.82, 2.24) is 0 Å². The quantitative estimate of drug-likeness (QED) is 0.432. The second kappa shape index (κ2) is 10.5. The van der Waals surface area contributed by atoms with E-state index in [2.05, 4.69) is 37.6 Å². The molecule has 0 aromatic carbocycles. The van der Waals surface area contributed by atoms with E-state index in [-0.39, 0.29) is 11.5 Å². The van der Waals surface area contributed by atoms with E-state index in [1.807, 2.05) is 0 Å². The maximum Gasteiger partial charge on any atom is 0.104 e. The Balaban J connectivity index is 2.03. The van der Waals surface area contributed by atoms with E-state index in [0.29, 0.717) is 5.92 Å². The van der Waals surface area contributed by atoms with Gasteiger partial charge in [0.2, 0.25) is 0 Å². The predicted octanol–water partition coefficient (Wildman–Crippen LogP) is 7.02. The van der Waals surface area contributed by atoms with E-state index >= 15 is 0 Å². The van der Waals surface area contributed by atoms with Crippen molar-refractivity contribution in [2.24, 2.45) is 22.1 Å². The van der Waals surface area contributed by atoms with Crippen LogP contribution in [0.1, 0.15) is 72.1 Å². The molecular formula is C24H36ClFN2. The number of hydrogen-bond acceptors (Lipinski definition) is 2. The van der Waals surface area contributed by atoms with Gasteiger partial charge in [0.15, 0.2) is 0 Å². The maximum absolute atomic E-state index is 14.4. The molecule has 2 rings (SSSR count). The number of alkyl halides is 1. The van der Waals surface area contributed by atoms with E-state index in [1.54, 1.807) is 19.2 Å². The van der Waals surface area contributed by atoms with Crippen molar-refractivity contribution in [3.05, 3.63) is 46.7 Å². The van der Waals surface area contributed by atoms with Gasteiger partial charge in [0.1, 0.15) is 6.17 Å². The Morgan fingerprint density at radius 3 is 2.61 bits per heavy atom. The zero-order valence-corrected chi connectivity index (χ0v) is 18.4. The fourth-order valence-electron chi connectivity index (χ4n) is 4.76.